The monoisotopic (exact) mass is 468 g/mol. The van der Waals surface area contributed by atoms with Crippen LogP contribution in [0.25, 0.3) is 0 Å². The van der Waals surface area contributed by atoms with Crippen molar-refractivity contribution in [3.05, 3.63) is 18.0 Å². The van der Waals surface area contributed by atoms with Crippen molar-refractivity contribution in [2.75, 3.05) is 53.0 Å². The highest BCUT2D eigenvalue weighted by Gasteiger charge is 2.41. The molecule has 0 bridgehead atoms. The molecule has 1 N–H and O–H groups in total. The Morgan fingerprint density at radius 3 is 2.38 bits per heavy atom. The van der Waals surface area contributed by atoms with Gasteiger partial charge in [0.25, 0.3) is 5.91 Å². The van der Waals surface area contributed by atoms with Crippen LogP contribution in [0.3, 0.4) is 0 Å². The Balaban J connectivity index is 1.35. The first-order chi connectivity index (χ1) is 15.2. The highest BCUT2D eigenvalue weighted by molar-refractivity contribution is 7.89. The number of piperidine rings is 2. The summed E-state index contributed by atoms with van der Waals surface area (Å²) in [5.41, 5.74) is 0.246. The van der Waals surface area contributed by atoms with Crippen LogP contribution >= 0.6 is 0 Å². The van der Waals surface area contributed by atoms with E-state index in [1.54, 1.807) is 9.80 Å². The fraction of sp³-hybridized carbons (Fsp3) is 0.714. The van der Waals surface area contributed by atoms with Crippen molar-refractivity contribution in [2.45, 2.75) is 43.3 Å². The number of aromatic amines is 1. The quantitative estimate of drug-likeness (QED) is 0.686. The molecule has 4 heterocycles. The van der Waals surface area contributed by atoms with E-state index in [1.165, 1.54) is 19.3 Å². The summed E-state index contributed by atoms with van der Waals surface area (Å²) < 4.78 is 38.3. The van der Waals surface area contributed by atoms with E-state index in [2.05, 4.69) is 11.9 Å². The maximum Gasteiger partial charge on any atom is 0.270 e. The van der Waals surface area contributed by atoms with Gasteiger partial charge in [0.1, 0.15) is 10.6 Å². The first-order valence-corrected chi connectivity index (χ1v) is 12.6. The second kappa shape index (κ2) is 9.12. The number of rotatable bonds is 5. The van der Waals surface area contributed by atoms with Gasteiger partial charge in [0.05, 0.1) is 19.8 Å². The van der Waals surface area contributed by atoms with E-state index in [0.717, 1.165) is 17.1 Å². The van der Waals surface area contributed by atoms with E-state index >= 15 is 0 Å². The molecule has 11 heteroatoms. The van der Waals surface area contributed by atoms with Gasteiger partial charge >= 0.3 is 0 Å². The number of carbonyl (C=O) groups excluding carboxylic acids is 2. The van der Waals surface area contributed by atoms with Gasteiger partial charge in [0.15, 0.2) is 5.79 Å². The lowest BCUT2D eigenvalue weighted by Gasteiger charge is -2.38. The molecule has 3 fully saturated rings. The largest absolute Gasteiger partial charge is 0.356 e. The van der Waals surface area contributed by atoms with Gasteiger partial charge in [-0.2, -0.15) is 4.31 Å². The number of hydrogen-bond acceptors (Lipinski definition) is 6. The Labute approximate surface area is 188 Å². The fourth-order valence-electron chi connectivity index (χ4n) is 4.47. The number of H-pyrrole nitrogens is 1. The zero-order chi connectivity index (χ0) is 22.9. The number of aromatic nitrogens is 1. The predicted molar refractivity (Wildman–Crippen MR) is 115 cm³/mol. The third-order valence-corrected chi connectivity index (χ3v) is 8.50. The topological polar surface area (TPSA) is 112 Å². The van der Waals surface area contributed by atoms with Gasteiger partial charge in [-0.3, -0.25) is 9.59 Å². The van der Waals surface area contributed by atoms with E-state index in [4.69, 9.17) is 9.47 Å². The number of hydrogen-bond donors (Lipinski definition) is 1. The standard InChI is InChI=1S/C21H32N4O6S/c1-16-3-7-25(8-4-16)20(27)18-13-17(14-22-18)32(28,29)23(2)15-19(26)24-9-5-21(6-10-24)30-11-12-31-21/h13-14,16,22H,3-12,15H2,1-2H3. The lowest BCUT2D eigenvalue weighted by Crippen LogP contribution is -2.50. The van der Waals surface area contributed by atoms with Crippen LogP contribution in [0.2, 0.25) is 0 Å². The highest BCUT2D eigenvalue weighted by atomic mass is 32.2. The molecular weight excluding hydrogens is 436 g/mol. The number of nitrogens with one attached hydrogen (secondary N) is 1. The molecule has 178 valence electrons. The Kier molecular flexibility index (Phi) is 6.62. The van der Waals surface area contributed by atoms with Crippen LogP contribution in [-0.4, -0.2) is 98.1 Å². The minimum atomic E-state index is -3.91. The van der Waals surface area contributed by atoms with Crippen LogP contribution in [0.1, 0.15) is 43.1 Å². The van der Waals surface area contributed by atoms with Gasteiger partial charge < -0.3 is 24.3 Å². The Morgan fingerprint density at radius 2 is 1.75 bits per heavy atom. The first kappa shape index (κ1) is 23.2. The van der Waals surface area contributed by atoms with Crippen LogP contribution < -0.4 is 0 Å². The molecule has 0 saturated carbocycles. The second-order valence-electron chi connectivity index (χ2n) is 8.97. The van der Waals surface area contributed by atoms with Crippen molar-refractivity contribution in [1.82, 2.24) is 19.1 Å². The molecule has 3 saturated heterocycles. The summed E-state index contributed by atoms with van der Waals surface area (Å²) >= 11 is 0. The average Bonchev–Trinajstić information content (AvgIpc) is 3.45. The molecular formula is C21H32N4O6S. The van der Waals surface area contributed by atoms with E-state index in [1.807, 2.05) is 0 Å². The molecule has 10 nitrogen and oxygen atoms in total. The molecule has 0 radical (unpaired) electrons. The minimum absolute atomic E-state index is 0.0214. The minimum Gasteiger partial charge on any atom is -0.356 e. The number of ether oxygens (including phenoxy) is 2. The van der Waals surface area contributed by atoms with E-state index < -0.39 is 15.8 Å². The number of likely N-dealkylation sites (N-methyl/N-ethyl adjacent to an activating group) is 1. The van der Waals surface area contributed by atoms with Gasteiger partial charge in [0.2, 0.25) is 15.9 Å². The van der Waals surface area contributed by atoms with Crippen molar-refractivity contribution in [3.63, 3.8) is 0 Å². The normalized spacial score (nSPS) is 22.1. The third kappa shape index (κ3) is 4.70. The number of likely N-dealkylation sites (tertiary alicyclic amines) is 2. The zero-order valence-electron chi connectivity index (χ0n) is 18.7. The van der Waals surface area contributed by atoms with Gasteiger partial charge in [-0.15, -0.1) is 0 Å². The summed E-state index contributed by atoms with van der Waals surface area (Å²) in [6.45, 7) is 5.28. The maximum absolute atomic E-state index is 13.0. The van der Waals surface area contributed by atoms with Crippen molar-refractivity contribution in [2.24, 2.45) is 5.92 Å². The van der Waals surface area contributed by atoms with Crippen LogP contribution in [0, 0.1) is 5.92 Å². The van der Waals surface area contributed by atoms with Crippen LogP contribution in [0.5, 0.6) is 0 Å². The fourth-order valence-corrected chi connectivity index (χ4v) is 5.58. The molecule has 0 unspecified atom stereocenters. The summed E-state index contributed by atoms with van der Waals surface area (Å²) in [5, 5.41) is 0. The zero-order valence-corrected chi connectivity index (χ0v) is 19.5. The van der Waals surface area contributed by atoms with Crippen LogP contribution in [0.4, 0.5) is 0 Å². The SMILES string of the molecule is CC1CCN(C(=O)c2cc(S(=O)(=O)N(C)CC(=O)N3CCC4(CC3)OCCO4)c[nH]2)CC1. The maximum atomic E-state index is 13.0. The summed E-state index contributed by atoms with van der Waals surface area (Å²) in [6.07, 6.45) is 4.35. The molecule has 1 aromatic heterocycles. The van der Waals surface area contributed by atoms with Crippen molar-refractivity contribution in [1.29, 1.82) is 0 Å². The summed E-state index contributed by atoms with van der Waals surface area (Å²) in [7, 11) is -2.54. The average molecular weight is 469 g/mol. The smallest absolute Gasteiger partial charge is 0.270 e. The van der Waals surface area contributed by atoms with Gasteiger partial charge in [-0.05, 0) is 24.8 Å². The van der Waals surface area contributed by atoms with Crippen molar-refractivity contribution < 1.29 is 27.5 Å². The van der Waals surface area contributed by atoms with E-state index in [9.17, 15) is 18.0 Å². The molecule has 0 aliphatic carbocycles. The van der Waals surface area contributed by atoms with Crippen molar-refractivity contribution in [3.8, 4) is 0 Å². The molecule has 32 heavy (non-hydrogen) atoms. The molecule has 1 aromatic rings. The molecule has 4 rings (SSSR count). The second-order valence-corrected chi connectivity index (χ2v) is 11.0. The van der Waals surface area contributed by atoms with E-state index in [-0.39, 0.29) is 28.9 Å². The molecule has 1 spiro atoms. The lowest BCUT2D eigenvalue weighted by molar-refractivity contribution is -0.187. The Hall–Kier alpha value is -1.95. The van der Waals surface area contributed by atoms with Gasteiger partial charge in [-0.1, -0.05) is 6.92 Å². The predicted octanol–water partition coefficient (Wildman–Crippen LogP) is 0.873. The molecule has 3 aliphatic heterocycles. The highest BCUT2D eigenvalue weighted by Crippen LogP contribution is 2.31. The third-order valence-electron chi connectivity index (χ3n) is 6.72. The van der Waals surface area contributed by atoms with Crippen molar-refractivity contribution >= 4 is 21.8 Å². The molecule has 0 atom stereocenters. The summed E-state index contributed by atoms with van der Waals surface area (Å²) in [4.78, 5) is 31.6. The first-order valence-electron chi connectivity index (χ1n) is 11.2. The summed E-state index contributed by atoms with van der Waals surface area (Å²) in [6, 6.07) is 1.36. The lowest BCUT2D eigenvalue weighted by atomic mass is 9.99. The Morgan fingerprint density at radius 1 is 1.12 bits per heavy atom. The van der Waals surface area contributed by atoms with Gasteiger partial charge in [0, 0.05) is 52.3 Å². The molecule has 2 amide bonds. The molecule has 0 aromatic carbocycles. The number of amides is 2. The van der Waals surface area contributed by atoms with Crippen LogP contribution in [0.15, 0.2) is 17.2 Å². The van der Waals surface area contributed by atoms with Gasteiger partial charge in [-0.25, -0.2) is 8.42 Å². The van der Waals surface area contributed by atoms with E-state index in [0.29, 0.717) is 58.2 Å². The number of carbonyl (C=O) groups is 2. The molecule has 3 aliphatic rings. The number of sulfonamides is 1. The Bertz CT molecular complexity index is 937. The summed E-state index contributed by atoms with van der Waals surface area (Å²) in [5.74, 6) is -0.461. The van der Waals surface area contributed by atoms with Crippen LogP contribution in [-0.2, 0) is 24.3 Å². The number of nitrogens with zero attached hydrogens (tertiary/aromatic N) is 3.